The molecular formula is C14H11Cl2N3O. The van der Waals surface area contributed by atoms with Crippen LogP contribution in [0.2, 0.25) is 5.15 Å². The first-order valence-corrected chi connectivity index (χ1v) is 6.19. The number of fused-ring (bicyclic) bond motifs is 1. The van der Waals surface area contributed by atoms with Gasteiger partial charge in [-0.05, 0) is 5.56 Å². The Balaban J connectivity index is 0.00000147. The van der Waals surface area contributed by atoms with Crippen molar-refractivity contribution in [2.45, 2.75) is 6.42 Å². The molecule has 102 valence electrons. The van der Waals surface area contributed by atoms with E-state index in [9.17, 15) is 5.21 Å². The lowest BCUT2D eigenvalue weighted by atomic mass is 10.1. The quantitative estimate of drug-likeness (QED) is 0.540. The van der Waals surface area contributed by atoms with Gasteiger partial charge in [-0.3, -0.25) is 0 Å². The van der Waals surface area contributed by atoms with Gasteiger partial charge < -0.3 is 5.21 Å². The summed E-state index contributed by atoms with van der Waals surface area (Å²) in [6, 6.07) is 11.3. The van der Waals surface area contributed by atoms with Gasteiger partial charge in [-0.2, -0.15) is 9.83 Å². The maximum Gasteiger partial charge on any atom is 0.180 e. The van der Waals surface area contributed by atoms with Crippen LogP contribution in [0.3, 0.4) is 0 Å². The zero-order valence-electron chi connectivity index (χ0n) is 10.4. The van der Waals surface area contributed by atoms with Crippen molar-refractivity contribution < 1.29 is 4.73 Å². The van der Waals surface area contributed by atoms with Crippen LogP contribution >= 0.6 is 24.0 Å². The smallest absolute Gasteiger partial charge is 0.180 e. The van der Waals surface area contributed by atoms with Crippen LogP contribution < -0.4 is 4.73 Å². The fourth-order valence-corrected chi connectivity index (χ4v) is 2.21. The molecule has 2 aromatic heterocycles. The van der Waals surface area contributed by atoms with Gasteiger partial charge in [-0.15, -0.1) is 17.5 Å². The Morgan fingerprint density at radius 2 is 1.65 bits per heavy atom. The highest BCUT2D eigenvalue weighted by Crippen LogP contribution is 2.23. The van der Waals surface area contributed by atoms with E-state index in [0.717, 1.165) is 26.8 Å². The van der Waals surface area contributed by atoms with Crippen LogP contribution in [0.25, 0.3) is 10.8 Å². The summed E-state index contributed by atoms with van der Waals surface area (Å²) in [6.45, 7) is 0. The minimum Gasteiger partial charge on any atom is -0.619 e. The molecular weight excluding hydrogens is 297 g/mol. The van der Waals surface area contributed by atoms with Gasteiger partial charge in [0.05, 0.1) is 5.69 Å². The molecule has 1 aromatic carbocycles. The van der Waals surface area contributed by atoms with Crippen molar-refractivity contribution in [3.63, 3.8) is 0 Å². The van der Waals surface area contributed by atoms with E-state index < -0.39 is 0 Å². The van der Waals surface area contributed by atoms with E-state index in [4.69, 9.17) is 11.6 Å². The largest absolute Gasteiger partial charge is 0.619 e. The molecule has 0 N–H and O–H groups in total. The number of aromatic nitrogens is 3. The van der Waals surface area contributed by atoms with Crippen molar-refractivity contribution in [3.8, 4) is 0 Å². The molecule has 0 aliphatic carbocycles. The number of hydrogen-bond acceptors (Lipinski definition) is 3. The molecule has 4 nitrogen and oxygen atoms in total. The average Bonchev–Trinajstić information content (AvgIpc) is 2.45. The molecule has 6 heteroatoms. The summed E-state index contributed by atoms with van der Waals surface area (Å²) in [5.74, 6) is 0. The Bertz CT molecular complexity index is 732. The Labute approximate surface area is 127 Å². The van der Waals surface area contributed by atoms with Crippen LogP contribution in [-0.2, 0) is 6.42 Å². The van der Waals surface area contributed by atoms with Gasteiger partial charge >= 0.3 is 0 Å². The van der Waals surface area contributed by atoms with Crippen molar-refractivity contribution in [3.05, 3.63) is 70.4 Å². The summed E-state index contributed by atoms with van der Waals surface area (Å²) < 4.78 is 0.759. The molecule has 0 amide bonds. The molecule has 0 fully saturated rings. The van der Waals surface area contributed by atoms with Crippen molar-refractivity contribution in [2.75, 3.05) is 0 Å². The summed E-state index contributed by atoms with van der Waals surface area (Å²) in [5, 5.41) is 21.4. The van der Waals surface area contributed by atoms with Gasteiger partial charge in [0, 0.05) is 29.3 Å². The van der Waals surface area contributed by atoms with Gasteiger partial charge in [0.15, 0.2) is 17.5 Å². The van der Waals surface area contributed by atoms with Crippen LogP contribution in [0.1, 0.15) is 11.3 Å². The average molecular weight is 308 g/mol. The van der Waals surface area contributed by atoms with E-state index in [1.807, 2.05) is 24.3 Å². The minimum absolute atomic E-state index is 0. The van der Waals surface area contributed by atoms with Gasteiger partial charge in [0.2, 0.25) is 0 Å². The second-order valence-corrected chi connectivity index (χ2v) is 4.58. The predicted molar refractivity (Wildman–Crippen MR) is 80.0 cm³/mol. The maximum atomic E-state index is 11.0. The molecule has 2 heterocycles. The topological polar surface area (TPSA) is 52.7 Å². The minimum atomic E-state index is 0. The molecule has 0 saturated heterocycles. The summed E-state index contributed by atoms with van der Waals surface area (Å²) in [5.41, 5.74) is 1.86. The predicted octanol–water partition coefficient (Wildman–Crippen LogP) is 2.93. The molecule has 0 spiro atoms. The third-order valence-electron chi connectivity index (χ3n) is 2.96. The Hall–Kier alpha value is -1.91. The molecule has 0 atom stereocenters. The Kier molecular flexibility index (Phi) is 4.37. The van der Waals surface area contributed by atoms with E-state index >= 15 is 0 Å². The first-order valence-electron chi connectivity index (χ1n) is 5.81. The van der Waals surface area contributed by atoms with Gasteiger partial charge in [0.25, 0.3) is 0 Å². The highest BCUT2D eigenvalue weighted by atomic mass is 35.5. The number of halogens is 2. The molecule has 0 aliphatic rings. The lowest BCUT2D eigenvalue weighted by Gasteiger charge is -2.06. The monoisotopic (exact) mass is 307 g/mol. The van der Waals surface area contributed by atoms with Crippen LogP contribution in [0.4, 0.5) is 0 Å². The molecule has 3 rings (SSSR count). The first-order chi connectivity index (χ1) is 9.24. The molecule has 0 aliphatic heterocycles. The maximum absolute atomic E-state index is 11.0. The molecule has 3 aromatic rings. The second kappa shape index (κ2) is 6.03. The molecule has 0 saturated carbocycles. The third kappa shape index (κ3) is 2.81. The standard InChI is InChI=1S/C14H10ClN3O.ClH/c15-14-12-4-2-1-3-11(12)13(16-17-14)9-10-5-7-18(19)8-6-10;/h1-8H,9H2;1H. The SMILES string of the molecule is Cl.[O-][n+]1ccc(Cc2nnc(Cl)c3ccccc23)cc1. The first kappa shape index (κ1) is 14.5. The fraction of sp³-hybridized carbons (Fsp3) is 0.0714. The Morgan fingerprint density at radius 3 is 2.35 bits per heavy atom. The van der Waals surface area contributed by atoms with Crippen LogP contribution in [0, 0.1) is 5.21 Å². The van der Waals surface area contributed by atoms with Crippen LogP contribution in [-0.4, -0.2) is 10.2 Å². The van der Waals surface area contributed by atoms with E-state index in [2.05, 4.69) is 10.2 Å². The number of pyridine rings is 1. The van der Waals surface area contributed by atoms with E-state index in [1.165, 1.54) is 12.4 Å². The van der Waals surface area contributed by atoms with E-state index in [-0.39, 0.29) is 12.4 Å². The van der Waals surface area contributed by atoms with Crippen molar-refractivity contribution >= 4 is 34.8 Å². The fourth-order valence-electron chi connectivity index (χ4n) is 2.01. The number of benzene rings is 1. The lowest BCUT2D eigenvalue weighted by molar-refractivity contribution is -0.605. The van der Waals surface area contributed by atoms with E-state index in [0.29, 0.717) is 11.6 Å². The summed E-state index contributed by atoms with van der Waals surface area (Å²) in [7, 11) is 0. The van der Waals surface area contributed by atoms with Gasteiger partial charge in [-0.1, -0.05) is 35.9 Å². The van der Waals surface area contributed by atoms with Crippen molar-refractivity contribution in [1.29, 1.82) is 0 Å². The normalized spacial score (nSPS) is 10.2. The number of nitrogens with zero attached hydrogens (tertiary/aromatic N) is 3. The molecule has 20 heavy (non-hydrogen) atoms. The summed E-state index contributed by atoms with van der Waals surface area (Å²) in [4.78, 5) is 0. The zero-order chi connectivity index (χ0) is 13.2. The highest BCUT2D eigenvalue weighted by Gasteiger charge is 2.08. The van der Waals surface area contributed by atoms with Crippen LogP contribution in [0.15, 0.2) is 48.8 Å². The van der Waals surface area contributed by atoms with Gasteiger partial charge in [0.1, 0.15) is 0 Å². The van der Waals surface area contributed by atoms with Crippen LogP contribution in [0.5, 0.6) is 0 Å². The second-order valence-electron chi connectivity index (χ2n) is 4.23. The lowest BCUT2D eigenvalue weighted by Crippen LogP contribution is -2.23. The van der Waals surface area contributed by atoms with Crippen molar-refractivity contribution in [2.24, 2.45) is 0 Å². The molecule has 0 bridgehead atoms. The van der Waals surface area contributed by atoms with Gasteiger partial charge in [-0.25, -0.2) is 0 Å². The zero-order valence-corrected chi connectivity index (χ0v) is 11.9. The van der Waals surface area contributed by atoms with E-state index in [1.54, 1.807) is 12.1 Å². The third-order valence-corrected chi connectivity index (χ3v) is 3.24. The summed E-state index contributed by atoms with van der Waals surface area (Å²) in [6.07, 6.45) is 3.56. The highest BCUT2D eigenvalue weighted by molar-refractivity contribution is 6.34. The molecule has 0 radical (unpaired) electrons. The Morgan fingerprint density at radius 1 is 1.00 bits per heavy atom. The summed E-state index contributed by atoms with van der Waals surface area (Å²) >= 11 is 6.03. The van der Waals surface area contributed by atoms with Crippen molar-refractivity contribution in [1.82, 2.24) is 10.2 Å². The molecule has 0 unspecified atom stereocenters. The number of hydrogen-bond donors (Lipinski definition) is 0. The number of rotatable bonds is 2.